The third-order valence-electron chi connectivity index (χ3n) is 5.55. The van der Waals surface area contributed by atoms with Crippen LogP contribution in [0.3, 0.4) is 0 Å². The van der Waals surface area contributed by atoms with Gasteiger partial charge in [0.05, 0.1) is 5.71 Å². The number of aryl methyl sites for hydroxylation is 1. The van der Waals surface area contributed by atoms with Crippen molar-refractivity contribution in [1.82, 2.24) is 10.3 Å². The van der Waals surface area contributed by atoms with Crippen LogP contribution in [0.2, 0.25) is 0 Å². The summed E-state index contributed by atoms with van der Waals surface area (Å²) in [4.78, 5) is 27.1. The first-order valence-corrected chi connectivity index (χ1v) is 10.5. The average molecular weight is 431 g/mol. The average Bonchev–Trinajstić information content (AvgIpc) is 3.15. The van der Waals surface area contributed by atoms with E-state index in [0.717, 1.165) is 35.3 Å². The van der Waals surface area contributed by atoms with Crippen molar-refractivity contribution in [2.24, 2.45) is 5.10 Å². The standard InChI is InChI=1S/C25H25N3O4/c1-16-22-20(26-27-24(30)18-11-13-19(29)14-12-18)9-6-10-21(22)32-23(16)25(31)28(2)15-17-7-4-3-5-8-17/h3-5,7-8,11-14,29H,6,9-10,15H2,1-2H3,(H,27,30)/b26-20+. The fraction of sp³-hybridized carbons (Fsp3) is 0.240. The largest absolute Gasteiger partial charge is 0.508 e. The number of carbonyl (C=O) groups is 2. The number of hydrazone groups is 1. The van der Waals surface area contributed by atoms with Crippen LogP contribution in [0.15, 0.2) is 64.1 Å². The third kappa shape index (κ3) is 4.42. The second-order valence-electron chi connectivity index (χ2n) is 7.90. The van der Waals surface area contributed by atoms with E-state index in [1.807, 2.05) is 37.3 Å². The summed E-state index contributed by atoms with van der Waals surface area (Å²) in [5, 5.41) is 13.7. The van der Waals surface area contributed by atoms with Crippen LogP contribution < -0.4 is 5.43 Å². The summed E-state index contributed by atoms with van der Waals surface area (Å²) >= 11 is 0. The smallest absolute Gasteiger partial charge is 0.289 e. The molecule has 4 rings (SSSR count). The van der Waals surface area contributed by atoms with Crippen molar-refractivity contribution in [1.29, 1.82) is 0 Å². The molecule has 32 heavy (non-hydrogen) atoms. The van der Waals surface area contributed by atoms with E-state index in [9.17, 15) is 14.7 Å². The molecule has 0 aliphatic heterocycles. The molecule has 2 amide bonds. The highest BCUT2D eigenvalue weighted by Gasteiger charge is 2.29. The Morgan fingerprint density at radius 1 is 1.09 bits per heavy atom. The number of hydrogen-bond acceptors (Lipinski definition) is 5. The van der Waals surface area contributed by atoms with E-state index in [2.05, 4.69) is 10.5 Å². The number of aromatic hydroxyl groups is 1. The minimum absolute atomic E-state index is 0.0910. The van der Waals surface area contributed by atoms with E-state index in [1.54, 1.807) is 11.9 Å². The van der Waals surface area contributed by atoms with Gasteiger partial charge in [0, 0.05) is 36.7 Å². The molecule has 1 aromatic heterocycles. The van der Waals surface area contributed by atoms with Gasteiger partial charge in [0.25, 0.3) is 11.8 Å². The maximum Gasteiger partial charge on any atom is 0.289 e. The van der Waals surface area contributed by atoms with Gasteiger partial charge in [-0.25, -0.2) is 5.43 Å². The van der Waals surface area contributed by atoms with Crippen LogP contribution >= 0.6 is 0 Å². The second-order valence-corrected chi connectivity index (χ2v) is 7.90. The van der Waals surface area contributed by atoms with E-state index >= 15 is 0 Å². The van der Waals surface area contributed by atoms with Crippen molar-refractivity contribution in [2.45, 2.75) is 32.7 Å². The van der Waals surface area contributed by atoms with Gasteiger partial charge in [-0.3, -0.25) is 9.59 Å². The number of amides is 2. The van der Waals surface area contributed by atoms with Gasteiger partial charge in [0.15, 0.2) is 5.76 Å². The molecule has 0 spiro atoms. The van der Waals surface area contributed by atoms with E-state index in [0.29, 0.717) is 30.0 Å². The number of furan rings is 1. The first-order chi connectivity index (χ1) is 15.4. The molecule has 2 N–H and O–H groups in total. The molecule has 0 atom stereocenters. The van der Waals surface area contributed by atoms with Crippen LogP contribution in [0, 0.1) is 6.92 Å². The summed E-state index contributed by atoms with van der Waals surface area (Å²) in [6.45, 7) is 2.34. The van der Waals surface area contributed by atoms with Gasteiger partial charge >= 0.3 is 0 Å². The Morgan fingerprint density at radius 2 is 1.81 bits per heavy atom. The van der Waals surface area contributed by atoms with Crippen molar-refractivity contribution in [3.05, 3.63) is 88.4 Å². The molecule has 0 unspecified atom stereocenters. The highest BCUT2D eigenvalue weighted by Crippen LogP contribution is 2.30. The summed E-state index contributed by atoms with van der Waals surface area (Å²) < 4.78 is 5.98. The number of phenols is 1. The van der Waals surface area contributed by atoms with Crippen LogP contribution in [0.25, 0.3) is 0 Å². The fourth-order valence-electron chi connectivity index (χ4n) is 3.88. The molecule has 1 aliphatic rings. The van der Waals surface area contributed by atoms with Crippen molar-refractivity contribution in [3.63, 3.8) is 0 Å². The SMILES string of the molecule is Cc1c(C(=O)N(C)Cc2ccccc2)oc2c1/C(=N/NC(=O)c1ccc(O)cc1)CCC2. The van der Waals surface area contributed by atoms with Crippen molar-refractivity contribution >= 4 is 17.5 Å². The molecule has 3 aromatic rings. The van der Waals surface area contributed by atoms with Gasteiger partial charge in [-0.1, -0.05) is 30.3 Å². The normalized spacial score (nSPS) is 14.1. The van der Waals surface area contributed by atoms with Crippen LogP contribution in [0.5, 0.6) is 5.75 Å². The molecular formula is C25H25N3O4. The first kappa shape index (κ1) is 21.4. The molecule has 164 valence electrons. The number of phenolic OH excluding ortho intramolecular Hbond substituents is 1. The van der Waals surface area contributed by atoms with Gasteiger partial charge in [0.1, 0.15) is 11.5 Å². The lowest BCUT2D eigenvalue weighted by atomic mass is 9.93. The summed E-state index contributed by atoms with van der Waals surface area (Å²) in [6, 6.07) is 15.7. The second kappa shape index (κ2) is 9.09. The Hall–Kier alpha value is -3.87. The predicted molar refractivity (Wildman–Crippen MR) is 121 cm³/mol. The Kier molecular flexibility index (Phi) is 6.07. The lowest BCUT2D eigenvalue weighted by molar-refractivity contribution is 0.0750. The number of nitrogens with one attached hydrogen (secondary N) is 1. The van der Waals surface area contributed by atoms with Crippen LogP contribution in [0.4, 0.5) is 0 Å². The van der Waals surface area contributed by atoms with Crippen LogP contribution in [-0.2, 0) is 13.0 Å². The molecule has 7 nitrogen and oxygen atoms in total. The molecule has 7 heteroatoms. The molecule has 0 fully saturated rings. The van der Waals surface area contributed by atoms with E-state index in [-0.39, 0.29) is 17.6 Å². The number of nitrogens with zero attached hydrogens (tertiary/aromatic N) is 2. The number of hydrogen-bond donors (Lipinski definition) is 2. The van der Waals surface area contributed by atoms with Crippen LogP contribution in [0.1, 0.15) is 56.2 Å². The molecule has 0 radical (unpaired) electrons. The molecular weight excluding hydrogens is 406 g/mol. The number of carbonyl (C=O) groups excluding carboxylic acids is 2. The molecule has 0 saturated carbocycles. The maximum atomic E-state index is 13.1. The van der Waals surface area contributed by atoms with Crippen molar-refractivity contribution in [3.8, 4) is 5.75 Å². The minimum atomic E-state index is -0.371. The van der Waals surface area contributed by atoms with Crippen LogP contribution in [-0.4, -0.2) is 34.6 Å². The fourth-order valence-corrected chi connectivity index (χ4v) is 3.88. The third-order valence-corrected chi connectivity index (χ3v) is 5.55. The van der Waals surface area contributed by atoms with Gasteiger partial charge in [-0.2, -0.15) is 5.10 Å². The van der Waals surface area contributed by atoms with E-state index in [1.165, 1.54) is 24.3 Å². The quantitative estimate of drug-likeness (QED) is 0.596. The Balaban J connectivity index is 1.54. The van der Waals surface area contributed by atoms with Crippen molar-refractivity contribution < 1.29 is 19.1 Å². The Bertz CT molecular complexity index is 1160. The molecule has 0 bridgehead atoms. The molecule has 2 aromatic carbocycles. The Morgan fingerprint density at radius 3 is 2.53 bits per heavy atom. The van der Waals surface area contributed by atoms with Gasteiger partial charge in [-0.15, -0.1) is 0 Å². The number of rotatable bonds is 5. The summed E-state index contributed by atoms with van der Waals surface area (Å²) in [7, 11) is 1.75. The zero-order chi connectivity index (χ0) is 22.7. The summed E-state index contributed by atoms with van der Waals surface area (Å²) in [5.41, 5.74) is 6.25. The molecule has 0 saturated heterocycles. The monoisotopic (exact) mass is 431 g/mol. The van der Waals surface area contributed by atoms with Crippen molar-refractivity contribution in [2.75, 3.05) is 7.05 Å². The maximum absolute atomic E-state index is 13.1. The number of benzene rings is 2. The zero-order valence-corrected chi connectivity index (χ0v) is 18.1. The highest BCUT2D eigenvalue weighted by atomic mass is 16.4. The first-order valence-electron chi connectivity index (χ1n) is 10.5. The Labute approximate surface area is 186 Å². The predicted octanol–water partition coefficient (Wildman–Crippen LogP) is 4.04. The lowest BCUT2D eigenvalue weighted by Crippen LogP contribution is -2.26. The van der Waals surface area contributed by atoms with E-state index in [4.69, 9.17) is 4.42 Å². The van der Waals surface area contributed by atoms with E-state index < -0.39 is 0 Å². The summed E-state index contributed by atoms with van der Waals surface area (Å²) in [6.07, 6.45) is 2.22. The summed E-state index contributed by atoms with van der Waals surface area (Å²) in [5.74, 6) is 0.571. The van der Waals surface area contributed by atoms with Gasteiger partial charge in [-0.05, 0) is 49.6 Å². The topological polar surface area (TPSA) is 95.1 Å². The van der Waals surface area contributed by atoms with Gasteiger partial charge in [0.2, 0.25) is 0 Å². The number of fused-ring (bicyclic) bond motifs is 1. The zero-order valence-electron chi connectivity index (χ0n) is 18.1. The highest BCUT2D eigenvalue weighted by molar-refractivity contribution is 6.07. The van der Waals surface area contributed by atoms with Gasteiger partial charge < -0.3 is 14.4 Å². The molecule has 1 heterocycles. The minimum Gasteiger partial charge on any atom is -0.508 e. The lowest BCUT2D eigenvalue weighted by Gasteiger charge is -2.16. The molecule has 1 aliphatic carbocycles.